The van der Waals surface area contributed by atoms with E-state index in [9.17, 15) is 9.59 Å². The van der Waals surface area contributed by atoms with Gasteiger partial charge < -0.3 is 0 Å². The lowest BCUT2D eigenvalue weighted by molar-refractivity contribution is -0.156. The number of fused-ring (bicyclic) bond motifs is 5. The number of ketones is 2. The fourth-order valence-corrected chi connectivity index (χ4v) is 6.44. The number of carbonyl (C=O) groups excluding carboxylic acids is 2. The zero-order valence-corrected chi connectivity index (χ0v) is 13.2. The van der Waals surface area contributed by atoms with Crippen molar-refractivity contribution >= 4 is 11.6 Å². The molecule has 3 saturated carbocycles. The maximum absolute atomic E-state index is 13.0. The summed E-state index contributed by atoms with van der Waals surface area (Å²) < 4.78 is 0. The summed E-state index contributed by atoms with van der Waals surface area (Å²) in [5, 5.41) is 0. The summed E-state index contributed by atoms with van der Waals surface area (Å²) >= 11 is 0. The highest BCUT2D eigenvalue weighted by Crippen LogP contribution is 2.63. The van der Waals surface area contributed by atoms with Gasteiger partial charge in [0, 0.05) is 24.2 Å². The van der Waals surface area contributed by atoms with Gasteiger partial charge in [-0.05, 0) is 55.3 Å². The first-order chi connectivity index (χ1) is 9.97. The molecule has 4 rings (SSSR count). The molecule has 0 spiro atoms. The molecule has 6 atom stereocenters. The van der Waals surface area contributed by atoms with Crippen LogP contribution in [0.5, 0.6) is 0 Å². The largest absolute Gasteiger partial charge is 0.299 e. The van der Waals surface area contributed by atoms with Gasteiger partial charge in [-0.2, -0.15) is 0 Å². The van der Waals surface area contributed by atoms with Crippen LogP contribution in [0.15, 0.2) is 12.2 Å². The van der Waals surface area contributed by atoms with Crippen LogP contribution in [0.1, 0.15) is 58.8 Å². The Kier molecular flexibility index (Phi) is 2.81. The van der Waals surface area contributed by atoms with Crippen LogP contribution in [-0.4, -0.2) is 11.6 Å². The van der Waals surface area contributed by atoms with Gasteiger partial charge in [-0.25, -0.2) is 0 Å². The summed E-state index contributed by atoms with van der Waals surface area (Å²) in [5.74, 6) is 2.58. The van der Waals surface area contributed by atoms with E-state index in [1.54, 1.807) is 0 Å². The van der Waals surface area contributed by atoms with E-state index in [2.05, 4.69) is 26.0 Å². The molecule has 0 aromatic carbocycles. The fourth-order valence-electron chi connectivity index (χ4n) is 6.44. The Morgan fingerprint density at radius 2 is 1.90 bits per heavy atom. The van der Waals surface area contributed by atoms with Crippen LogP contribution in [0.25, 0.3) is 0 Å². The minimum atomic E-state index is -0.327. The third kappa shape index (κ3) is 1.65. The molecule has 0 aromatic heterocycles. The number of carbonyl (C=O) groups is 2. The molecule has 114 valence electrons. The smallest absolute Gasteiger partial charge is 0.139 e. The zero-order chi connectivity index (χ0) is 14.8. The summed E-state index contributed by atoms with van der Waals surface area (Å²) in [6.07, 6.45) is 11.5. The number of hydrogen-bond donors (Lipinski definition) is 0. The molecule has 6 unspecified atom stereocenters. The van der Waals surface area contributed by atoms with Gasteiger partial charge in [-0.1, -0.05) is 26.0 Å². The predicted molar refractivity (Wildman–Crippen MR) is 81.6 cm³/mol. The Bertz CT molecular complexity index is 534. The van der Waals surface area contributed by atoms with Crippen molar-refractivity contribution in [3.05, 3.63) is 12.2 Å². The first-order valence-corrected chi connectivity index (χ1v) is 8.68. The molecule has 4 aliphatic carbocycles. The number of Topliss-reactive ketones (excluding diaryl/α,β-unsaturated/α-hetero) is 2. The molecule has 2 heteroatoms. The van der Waals surface area contributed by atoms with Crippen molar-refractivity contribution in [2.24, 2.45) is 34.5 Å². The second-order valence-corrected chi connectivity index (χ2v) is 8.46. The lowest BCUT2D eigenvalue weighted by Gasteiger charge is -2.57. The average molecular weight is 286 g/mol. The van der Waals surface area contributed by atoms with Crippen LogP contribution in [-0.2, 0) is 9.59 Å². The first kappa shape index (κ1) is 13.7. The Balaban J connectivity index is 1.75. The standard InChI is InChI=1S/C19H26O2/c1-18-10-4-3-5-12(18)6-7-13-14-8-9-16(21)19(14,2)11-15(20)17(13)18/h3-4,12-14,17H,5-11H2,1-2H3. The Labute approximate surface area is 127 Å². The molecule has 0 bridgehead atoms. The van der Waals surface area contributed by atoms with E-state index in [1.165, 1.54) is 6.42 Å². The summed E-state index contributed by atoms with van der Waals surface area (Å²) in [5.41, 5.74) is -0.173. The van der Waals surface area contributed by atoms with E-state index in [0.717, 1.165) is 25.7 Å². The van der Waals surface area contributed by atoms with Gasteiger partial charge in [-0.3, -0.25) is 9.59 Å². The van der Waals surface area contributed by atoms with Gasteiger partial charge in [-0.15, -0.1) is 0 Å². The highest BCUT2D eigenvalue weighted by Gasteiger charge is 2.62. The van der Waals surface area contributed by atoms with Gasteiger partial charge in [0.2, 0.25) is 0 Å². The molecule has 4 aliphatic rings. The monoisotopic (exact) mass is 286 g/mol. The van der Waals surface area contributed by atoms with Gasteiger partial charge in [0.05, 0.1) is 0 Å². The maximum atomic E-state index is 13.0. The maximum Gasteiger partial charge on any atom is 0.139 e. The van der Waals surface area contributed by atoms with Crippen LogP contribution < -0.4 is 0 Å². The van der Waals surface area contributed by atoms with Crippen LogP contribution >= 0.6 is 0 Å². The van der Waals surface area contributed by atoms with Gasteiger partial charge in [0.15, 0.2) is 0 Å². The minimum Gasteiger partial charge on any atom is -0.299 e. The van der Waals surface area contributed by atoms with Crippen LogP contribution in [0.4, 0.5) is 0 Å². The molecule has 0 radical (unpaired) electrons. The van der Waals surface area contributed by atoms with E-state index >= 15 is 0 Å². The minimum absolute atomic E-state index is 0.154. The van der Waals surface area contributed by atoms with Crippen molar-refractivity contribution in [3.63, 3.8) is 0 Å². The van der Waals surface area contributed by atoms with Gasteiger partial charge in [0.1, 0.15) is 11.6 Å². The lowest BCUT2D eigenvalue weighted by atomic mass is 9.45. The number of hydrogen-bond acceptors (Lipinski definition) is 2. The number of allylic oxidation sites excluding steroid dienone is 2. The summed E-state index contributed by atoms with van der Waals surface area (Å²) in [6.45, 7) is 4.44. The second kappa shape index (κ2) is 4.30. The van der Waals surface area contributed by atoms with Crippen LogP contribution in [0.2, 0.25) is 0 Å². The molecule has 0 amide bonds. The quantitative estimate of drug-likeness (QED) is 0.632. The Morgan fingerprint density at radius 3 is 2.71 bits per heavy atom. The molecular formula is C19H26O2. The van der Waals surface area contributed by atoms with Crippen molar-refractivity contribution in [2.45, 2.75) is 58.8 Å². The van der Waals surface area contributed by atoms with E-state index < -0.39 is 0 Å². The van der Waals surface area contributed by atoms with Crippen molar-refractivity contribution in [1.82, 2.24) is 0 Å². The topological polar surface area (TPSA) is 34.1 Å². The molecule has 2 nitrogen and oxygen atoms in total. The predicted octanol–water partition coefficient (Wildman–Crippen LogP) is 3.94. The molecule has 0 aliphatic heterocycles. The Hall–Kier alpha value is -0.920. The fraction of sp³-hybridized carbons (Fsp3) is 0.789. The van der Waals surface area contributed by atoms with Crippen molar-refractivity contribution in [3.8, 4) is 0 Å². The molecule has 3 fully saturated rings. The lowest BCUT2D eigenvalue weighted by Crippen LogP contribution is -2.56. The highest BCUT2D eigenvalue weighted by atomic mass is 16.1. The average Bonchev–Trinajstić information content (AvgIpc) is 2.73. The molecule has 0 saturated heterocycles. The van der Waals surface area contributed by atoms with E-state index in [4.69, 9.17) is 0 Å². The molecular weight excluding hydrogens is 260 g/mol. The molecule has 21 heavy (non-hydrogen) atoms. The Morgan fingerprint density at radius 1 is 1.10 bits per heavy atom. The molecule has 0 heterocycles. The summed E-state index contributed by atoms with van der Waals surface area (Å²) in [7, 11) is 0. The summed E-state index contributed by atoms with van der Waals surface area (Å²) in [6, 6.07) is 0. The third-order valence-corrected chi connectivity index (χ3v) is 7.61. The van der Waals surface area contributed by atoms with Crippen LogP contribution in [0.3, 0.4) is 0 Å². The van der Waals surface area contributed by atoms with Crippen molar-refractivity contribution in [2.75, 3.05) is 0 Å². The molecule has 0 N–H and O–H groups in total. The van der Waals surface area contributed by atoms with E-state index in [0.29, 0.717) is 42.2 Å². The summed E-state index contributed by atoms with van der Waals surface area (Å²) in [4.78, 5) is 25.4. The highest BCUT2D eigenvalue weighted by molar-refractivity contribution is 5.95. The first-order valence-electron chi connectivity index (χ1n) is 8.68. The normalized spacial score (nSPS) is 52.3. The van der Waals surface area contributed by atoms with E-state index in [-0.39, 0.29) is 16.7 Å². The third-order valence-electron chi connectivity index (χ3n) is 7.61. The van der Waals surface area contributed by atoms with Crippen molar-refractivity contribution < 1.29 is 9.59 Å². The number of rotatable bonds is 0. The van der Waals surface area contributed by atoms with Gasteiger partial charge in [0.25, 0.3) is 0 Å². The van der Waals surface area contributed by atoms with E-state index in [1.807, 2.05) is 0 Å². The SMILES string of the molecule is CC12CC(=O)C3C(CCC4CC=CCC43C)C1CCC2=O. The second-order valence-electron chi connectivity index (χ2n) is 8.46. The van der Waals surface area contributed by atoms with Gasteiger partial charge >= 0.3 is 0 Å². The van der Waals surface area contributed by atoms with Crippen LogP contribution in [0, 0.1) is 34.5 Å². The zero-order valence-electron chi connectivity index (χ0n) is 13.2. The molecule has 0 aromatic rings. The van der Waals surface area contributed by atoms with Crippen molar-refractivity contribution in [1.29, 1.82) is 0 Å².